The minimum absolute atomic E-state index is 0.556. The maximum Gasteiger partial charge on any atom is 0.270 e. The Kier molecular flexibility index (Phi) is 2.92. The zero-order valence-electron chi connectivity index (χ0n) is 7.78. The first kappa shape index (κ1) is 10.1. The minimum Gasteiger partial charge on any atom is -0.173 e. The quantitative estimate of drug-likeness (QED) is 0.693. The van der Waals surface area contributed by atoms with Crippen molar-refractivity contribution in [2.45, 2.75) is 0 Å². The number of benzene rings is 1. The van der Waals surface area contributed by atoms with Gasteiger partial charge in [-0.25, -0.2) is 0 Å². The topological polar surface area (TPSA) is 0 Å². The Morgan fingerprint density at radius 3 is 2.53 bits per heavy atom. The molecule has 76 valence electrons. The van der Waals surface area contributed by atoms with Gasteiger partial charge in [0.2, 0.25) is 0 Å². The molecule has 0 aliphatic rings. The first-order valence-electron chi connectivity index (χ1n) is 4.43. The van der Waals surface area contributed by atoms with E-state index in [-0.39, 0.29) is 0 Å². The Hall–Kier alpha value is -1.48. The second-order valence-electron chi connectivity index (χ2n) is 3.00. The zero-order valence-corrected chi connectivity index (χ0v) is 8.60. The van der Waals surface area contributed by atoms with Gasteiger partial charge < -0.3 is 0 Å². The van der Waals surface area contributed by atoms with E-state index in [0.29, 0.717) is 5.56 Å². The van der Waals surface area contributed by atoms with Crippen LogP contribution in [-0.4, -0.2) is 0 Å². The van der Waals surface area contributed by atoms with Crippen LogP contribution in [-0.2, 0) is 0 Å². The molecule has 0 spiro atoms. The van der Waals surface area contributed by atoms with E-state index in [4.69, 9.17) is 0 Å². The Bertz CT molecular complexity index is 468. The van der Waals surface area contributed by atoms with Gasteiger partial charge >= 0.3 is 0 Å². The molecular weight excluding hydrogens is 214 g/mol. The van der Waals surface area contributed by atoms with Crippen LogP contribution in [0.3, 0.4) is 0 Å². The van der Waals surface area contributed by atoms with Gasteiger partial charge in [0, 0.05) is 11.0 Å². The van der Waals surface area contributed by atoms with Crippen molar-refractivity contribution in [3.8, 4) is 10.4 Å². The van der Waals surface area contributed by atoms with Crippen LogP contribution in [0.1, 0.15) is 5.56 Å². The Balaban J connectivity index is 2.52. The molecule has 0 atom stereocenters. The second kappa shape index (κ2) is 4.36. The zero-order chi connectivity index (χ0) is 10.7. The summed E-state index contributed by atoms with van der Waals surface area (Å²) in [6, 6.07) is 11.0. The van der Waals surface area contributed by atoms with E-state index in [9.17, 15) is 8.78 Å². The molecule has 0 nitrogen and oxygen atoms in total. The van der Waals surface area contributed by atoms with Crippen LogP contribution in [0.15, 0.2) is 47.9 Å². The van der Waals surface area contributed by atoms with Crippen molar-refractivity contribution >= 4 is 17.4 Å². The molecule has 2 aromatic rings. The number of thiophene rings is 1. The summed E-state index contributed by atoms with van der Waals surface area (Å²) < 4.78 is 24.4. The van der Waals surface area contributed by atoms with Gasteiger partial charge in [-0.2, -0.15) is 8.78 Å². The van der Waals surface area contributed by atoms with Crippen molar-refractivity contribution in [3.05, 3.63) is 53.4 Å². The van der Waals surface area contributed by atoms with E-state index in [1.165, 1.54) is 0 Å². The van der Waals surface area contributed by atoms with E-state index >= 15 is 0 Å². The third kappa shape index (κ3) is 2.30. The lowest BCUT2D eigenvalue weighted by molar-refractivity contribution is 0.429. The lowest BCUT2D eigenvalue weighted by atomic mass is 10.1. The highest BCUT2D eigenvalue weighted by Gasteiger charge is 2.04. The second-order valence-corrected chi connectivity index (χ2v) is 3.95. The maximum absolute atomic E-state index is 12.2. The summed E-state index contributed by atoms with van der Waals surface area (Å²) in [5, 5.41) is 1.93. The molecule has 1 heterocycles. The van der Waals surface area contributed by atoms with Crippen LogP contribution in [0.25, 0.3) is 16.5 Å². The minimum atomic E-state index is -1.67. The molecule has 3 heteroatoms. The smallest absolute Gasteiger partial charge is 0.173 e. The van der Waals surface area contributed by atoms with Crippen molar-refractivity contribution in [3.63, 3.8) is 0 Å². The molecular formula is C12H8F2S. The van der Waals surface area contributed by atoms with Crippen LogP contribution in [0.5, 0.6) is 0 Å². The summed E-state index contributed by atoms with van der Waals surface area (Å²) in [5.74, 6) is 0. The summed E-state index contributed by atoms with van der Waals surface area (Å²) >= 11 is 1.54. The van der Waals surface area contributed by atoms with Crippen LogP contribution in [0.4, 0.5) is 8.78 Å². The first-order chi connectivity index (χ1) is 7.27. The van der Waals surface area contributed by atoms with Crippen molar-refractivity contribution < 1.29 is 8.78 Å². The number of hydrogen-bond acceptors (Lipinski definition) is 1. The van der Waals surface area contributed by atoms with E-state index in [1.807, 2.05) is 29.6 Å². The fourth-order valence-corrected chi connectivity index (χ4v) is 2.17. The fourth-order valence-electron chi connectivity index (χ4n) is 1.40. The number of hydrogen-bond donors (Lipinski definition) is 0. The highest BCUT2D eigenvalue weighted by atomic mass is 32.1. The van der Waals surface area contributed by atoms with Gasteiger partial charge in [-0.05, 0) is 22.6 Å². The SMILES string of the molecule is FC(F)=Cc1ccccc1-c1cccs1. The van der Waals surface area contributed by atoms with Gasteiger partial charge in [0.15, 0.2) is 0 Å². The van der Waals surface area contributed by atoms with Gasteiger partial charge in [-0.15, -0.1) is 11.3 Å². The highest BCUT2D eigenvalue weighted by Crippen LogP contribution is 2.29. The van der Waals surface area contributed by atoms with Gasteiger partial charge in [0.1, 0.15) is 0 Å². The van der Waals surface area contributed by atoms with E-state index in [1.54, 1.807) is 23.5 Å². The van der Waals surface area contributed by atoms with Gasteiger partial charge in [-0.3, -0.25) is 0 Å². The highest BCUT2D eigenvalue weighted by molar-refractivity contribution is 7.13. The van der Waals surface area contributed by atoms with Crippen molar-refractivity contribution in [1.82, 2.24) is 0 Å². The van der Waals surface area contributed by atoms with E-state index < -0.39 is 6.08 Å². The van der Waals surface area contributed by atoms with Crippen molar-refractivity contribution in [2.75, 3.05) is 0 Å². The van der Waals surface area contributed by atoms with E-state index in [2.05, 4.69) is 0 Å². The lowest BCUT2D eigenvalue weighted by Gasteiger charge is -2.02. The molecule has 0 radical (unpaired) electrons. The predicted octanol–water partition coefficient (Wildman–Crippen LogP) is 4.65. The molecule has 1 aromatic heterocycles. The van der Waals surface area contributed by atoms with Gasteiger partial charge in [0.05, 0.1) is 0 Å². The number of halogens is 2. The molecule has 0 bridgehead atoms. The summed E-state index contributed by atoms with van der Waals surface area (Å²) in [7, 11) is 0. The Labute approximate surface area is 90.5 Å². The average Bonchev–Trinajstić information content (AvgIpc) is 2.70. The molecule has 2 rings (SSSR count). The molecule has 15 heavy (non-hydrogen) atoms. The molecule has 0 amide bonds. The molecule has 1 aromatic carbocycles. The van der Waals surface area contributed by atoms with Crippen LogP contribution < -0.4 is 0 Å². The van der Waals surface area contributed by atoms with Gasteiger partial charge in [-0.1, -0.05) is 30.3 Å². The standard InChI is InChI=1S/C12H8F2S/c13-12(14)8-9-4-1-2-5-10(9)11-6-3-7-15-11/h1-8H. The van der Waals surface area contributed by atoms with Crippen LogP contribution >= 0.6 is 11.3 Å². The molecule has 0 saturated carbocycles. The largest absolute Gasteiger partial charge is 0.270 e. The van der Waals surface area contributed by atoms with Crippen molar-refractivity contribution in [1.29, 1.82) is 0 Å². The Morgan fingerprint density at radius 2 is 1.87 bits per heavy atom. The predicted molar refractivity (Wildman–Crippen MR) is 59.9 cm³/mol. The van der Waals surface area contributed by atoms with Gasteiger partial charge in [0.25, 0.3) is 6.08 Å². The van der Waals surface area contributed by atoms with E-state index in [0.717, 1.165) is 16.5 Å². The van der Waals surface area contributed by atoms with Crippen LogP contribution in [0.2, 0.25) is 0 Å². The average molecular weight is 222 g/mol. The normalized spacial score (nSPS) is 10.0. The molecule has 0 unspecified atom stereocenters. The third-order valence-corrected chi connectivity index (χ3v) is 2.92. The summed E-state index contributed by atoms with van der Waals surface area (Å²) in [4.78, 5) is 1.00. The first-order valence-corrected chi connectivity index (χ1v) is 5.31. The van der Waals surface area contributed by atoms with Crippen LogP contribution in [0, 0.1) is 0 Å². The summed E-state index contributed by atoms with van der Waals surface area (Å²) in [5.41, 5.74) is 1.40. The number of rotatable bonds is 2. The summed E-state index contributed by atoms with van der Waals surface area (Å²) in [6.07, 6.45) is -0.770. The molecule has 0 saturated heterocycles. The molecule has 0 N–H and O–H groups in total. The molecule has 0 aliphatic heterocycles. The van der Waals surface area contributed by atoms with Crippen molar-refractivity contribution in [2.24, 2.45) is 0 Å². The maximum atomic E-state index is 12.2. The molecule has 0 aliphatic carbocycles. The Morgan fingerprint density at radius 1 is 1.07 bits per heavy atom. The monoisotopic (exact) mass is 222 g/mol. The third-order valence-electron chi connectivity index (χ3n) is 2.01. The lowest BCUT2D eigenvalue weighted by Crippen LogP contribution is -1.79. The summed E-state index contributed by atoms with van der Waals surface area (Å²) in [6.45, 7) is 0. The fraction of sp³-hybridized carbons (Fsp3) is 0. The molecule has 0 fully saturated rings.